The number of nitrogens with one attached hydrogen (secondary N) is 1. The van der Waals surface area contributed by atoms with Gasteiger partial charge < -0.3 is 10.2 Å². The monoisotopic (exact) mass is 294 g/mol. The summed E-state index contributed by atoms with van der Waals surface area (Å²) in [6.07, 6.45) is 1.46. The Balaban J connectivity index is 2.19. The Kier molecular flexibility index (Phi) is 4.65. The lowest BCUT2D eigenvalue weighted by molar-refractivity contribution is 0.0797. The minimum atomic E-state index is -0.117. The number of likely N-dealkylation sites (N-methyl/N-ethyl adjacent to an activating group) is 2. The van der Waals surface area contributed by atoms with Crippen molar-refractivity contribution in [2.45, 2.75) is 0 Å². The first-order valence-electron chi connectivity index (χ1n) is 6.06. The molecule has 7 nitrogen and oxygen atoms in total. The molecule has 0 radical (unpaired) electrons. The Morgan fingerprint density at radius 2 is 2.30 bits per heavy atom. The zero-order valence-corrected chi connectivity index (χ0v) is 12.0. The van der Waals surface area contributed by atoms with E-state index in [1.807, 2.05) is 7.05 Å². The predicted octanol–water partition coefficient (Wildman–Crippen LogP) is 0.607. The standard InChI is InChI=1S/C12H15ClN6O/c1-14-5-6-18(2)12(20)10-4-3-9(7-11(10)13)19-8-15-16-17-19/h3-4,7-8,14H,5-6H2,1-2H3. The first kappa shape index (κ1) is 14.4. The molecule has 1 amide bonds. The van der Waals surface area contributed by atoms with Crippen LogP contribution in [0.5, 0.6) is 0 Å². The highest BCUT2D eigenvalue weighted by Gasteiger charge is 2.15. The van der Waals surface area contributed by atoms with Crippen LogP contribution < -0.4 is 5.32 Å². The predicted molar refractivity (Wildman–Crippen MR) is 75.1 cm³/mol. The van der Waals surface area contributed by atoms with Gasteiger partial charge in [0.1, 0.15) is 6.33 Å². The maximum Gasteiger partial charge on any atom is 0.255 e. The molecule has 2 rings (SSSR count). The Labute approximate surface area is 121 Å². The lowest BCUT2D eigenvalue weighted by Crippen LogP contribution is -2.32. The minimum absolute atomic E-state index is 0.117. The fourth-order valence-corrected chi connectivity index (χ4v) is 1.94. The molecule has 1 heterocycles. The summed E-state index contributed by atoms with van der Waals surface area (Å²) in [5.41, 5.74) is 1.16. The maximum atomic E-state index is 12.2. The van der Waals surface area contributed by atoms with Crippen LogP contribution in [0.3, 0.4) is 0 Å². The maximum absolute atomic E-state index is 12.2. The van der Waals surface area contributed by atoms with Gasteiger partial charge in [0.2, 0.25) is 0 Å². The van der Waals surface area contributed by atoms with E-state index < -0.39 is 0 Å². The number of aromatic nitrogens is 4. The molecular formula is C12H15ClN6O. The van der Waals surface area contributed by atoms with E-state index in [1.165, 1.54) is 11.0 Å². The van der Waals surface area contributed by atoms with E-state index in [4.69, 9.17) is 11.6 Å². The van der Waals surface area contributed by atoms with Gasteiger partial charge in [0, 0.05) is 20.1 Å². The summed E-state index contributed by atoms with van der Waals surface area (Å²) in [6.45, 7) is 1.34. The van der Waals surface area contributed by atoms with E-state index in [0.29, 0.717) is 22.8 Å². The fraction of sp³-hybridized carbons (Fsp3) is 0.333. The zero-order chi connectivity index (χ0) is 14.5. The number of carbonyl (C=O) groups is 1. The summed E-state index contributed by atoms with van der Waals surface area (Å²) in [5.74, 6) is -0.117. The van der Waals surface area contributed by atoms with Gasteiger partial charge in [-0.2, -0.15) is 0 Å². The third-order valence-corrected chi connectivity index (χ3v) is 3.15. The van der Waals surface area contributed by atoms with Crippen molar-refractivity contribution in [1.82, 2.24) is 30.4 Å². The molecule has 2 aromatic rings. The lowest BCUT2D eigenvalue weighted by Gasteiger charge is -2.17. The normalized spacial score (nSPS) is 10.6. The number of hydrogen-bond donors (Lipinski definition) is 1. The Morgan fingerprint density at radius 1 is 1.50 bits per heavy atom. The lowest BCUT2D eigenvalue weighted by atomic mass is 10.2. The highest BCUT2D eigenvalue weighted by atomic mass is 35.5. The Bertz CT molecular complexity index is 586. The summed E-state index contributed by atoms with van der Waals surface area (Å²) in [6, 6.07) is 5.09. The number of halogens is 1. The van der Waals surface area contributed by atoms with E-state index >= 15 is 0 Å². The highest BCUT2D eigenvalue weighted by Crippen LogP contribution is 2.20. The van der Waals surface area contributed by atoms with Crippen molar-refractivity contribution < 1.29 is 4.79 Å². The molecular weight excluding hydrogens is 280 g/mol. The smallest absolute Gasteiger partial charge is 0.255 e. The number of amides is 1. The third kappa shape index (κ3) is 3.12. The van der Waals surface area contributed by atoms with Crippen LogP contribution in [0.2, 0.25) is 5.02 Å². The van der Waals surface area contributed by atoms with Crippen LogP contribution in [0.25, 0.3) is 5.69 Å². The number of nitrogens with zero attached hydrogens (tertiary/aromatic N) is 5. The van der Waals surface area contributed by atoms with Crippen LogP contribution >= 0.6 is 11.6 Å². The molecule has 0 bridgehead atoms. The average molecular weight is 295 g/mol. The molecule has 1 aromatic carbocycles. The molecule has 0 saturated heterocycles. The van der Waals surface area contributed by atoms with Gasteiger partial charge in [-0.05, 0) is 35.7 Å². The average Bonchev–Trinajstić information content (AvgIpc) is 2.98. The van der Waals surface area contributed by atoms with Crippen LogP contribution in [0.1, 0.15) is 10.4 Å². The molecule has 0 atom stereocenters. The number of rotatable bonds is 5. The largest absolute Gasteiger partial charge is 0.340 e. The first-order valence-corrected chi connectivity index (χ1v) is 6.44. The van der Waals surface area contributed by atoms with Crippen molar-refractivity contribution in [3.05, 3.63) is 35.1 Å². The van der Waals surface area contributed by atoms with E-state index in [2.05, 4.69) is 20.8 Å². The van der Waals surface area contributed by atoms with Crippen LogP contribution in [0, 0.1) is 0 Å². The van der Waals surface area contributed by atoms with Crippen LogP contribution in [-0.2, 0) is 0 Å². The SMILES string of the molecule is CNCCN(C)C(=O)c1ccc(-n2cnnn2)cc1Cl. The molecule has 106 valence electrons. The molecule has 0 fully saturated rings. The molecule has 0 aliphatic rings. The zero-order valence-electron chi connectivity index (χ0n) is 11.2. The quantitative estimate of drug-likeness (QED) is 0.874. The van der Waals surface area contributed by atoms with Crippen molar-refractivity contribution in [3.63, 3.8) is 0 Å². The molecule has 0 aliphatic heterocycles. The fourth-order valence-electron chi connectivity index (χ4n) is 1.69. The van der Waals surface area contributed by atoms with Gasteiger partial charge in [-0.15, -0.1) is 5.10 Å². The topological polar surface area (TPSA) is 75.9 Å². The second kappa shape index (κ2) is 6.44. The molecule has 0 aliphatic carbocycles. The van der Waals surface area contributed by atoms with Gasteiger partial charge in [-0.1, -0.05) is 11.6 Å². The van der Waals surface area contributed by atoms with Crippen molar-refractivity contribution in [2.75, 3.05) is 27.2 Å². The highest BCUT2D eigenvalue weighted by molar-refractivity contribution is 6.34. The molecule has 1 aromatic heterocycles. The van der Waals surface area contributed by atoms with Crippen LogP contribution in [0.15, 0.2) is 24.5 Å². The second-order valence-corrected chi connectivity index (χ2v) is 4.66. The molecule has 20 heavy (non-hydrogen) atoms. The van der Waals surface area contributed by atoms with Crippen molar-refractivity contribution in [3.8, 4) is 5.69 Å². The summed E-state index contributed by atoms with van der Waals surface area (Å²) >= 11 is 6.17. The number of carbonyl (C=O) groups excluding carboxylic acids is 1. The van der Waals surface area contributed by atoms with Crippen molar-refractivity contribution >= 4 is 17.5 Å². The van der Waals surface area contributed by atoms with E-state index in [-0.39, 0.29) is 5.91 Å². The van der Waals surface area contributed by atoms with Crippen molar-refractivity contribution in [2.24, 2.45) is 0 Å². The second-order valence-electron chi connectivity index (χ2n) is 4.25. The van der Waals surface area contributed by atoms with E-state index in [9.17, 15) is 4.79 Å². The number of tetrazole rings is 1. The van der Waals surface area contributed by atoms with Gasteiger partial charge in [-0.25, -0.2) is 4.68 Å². The number of benzene rings is 1. The van der Waals surface area contributed by atoms with Gasteiger partial charge >= 0.3 is 0 Å². The van der Waals surface area contributed by atoms with E-state index in [0.717, 1.165) is 6.54 Å². The molecule has 0 saturated carbocycles. The summed E-state index contributed by atoms with van der Waals surface area (Å²) in [4.78, 5) is 13.9. The van der Waals surface area contributed by atoms with Crippen LogP contribution in [0.4, 0.5) is 0 Å². The molecule has 0 spiro atoms. The van der Waals surface area contributed by atoms with Crippen LogP contribution in [-0.4, -0.2) is 58.2 Å². The first-order chi connectivity index (χ1) is 9.63. The summed E-state index contributed by atoms with van der Waals surface area (Å²) in [7, 11) is 3.58. The summed E-state index contributed by atoms with van der Waals surface area (Å²) in [5, 5.41) is 14.3. The molecule has 1 N–H and O–H groups in total. The molecule has 0 unspecified atom stereocenters. The molecule has 8 heteroatoms. The van der Waals surface area contributed by atoms with Crippen molar-refractivity contribution in [1.29, 1.82) is 0 Å². The van der Waals surface area contributed by atoms with E-state index in [1.54, 1.807) is 30.1 Å². The third-order valence-electron chi connectivity index (χ3n) is 2.84. The van der Waals surface area contributed by atoms with Gasteiger partial charge in [-0.3, -0.25) is 4.79 Å². The number of hydrogen-bond acceptors (Lipinski definition) is 5. The van der Waals surface area contributed by atoms with Gasteiger partial charge in [0.05, 0.1) is 16.3 Å². The van der Waals surface area contributed by atoms with Gasteiger partial charge in [0.15, 0.2) is 0 Å². The Hall–Kier alpha value is -1.99. The van der Waals surface area contributed by atoms with Gasteiger partial charge in [0.25, 0.3) is 5.91 Å². The Morgan fingerprint density at radius 3 is 2.90 bits per heavy atom. The minimum Gasteiger partial charge on any atom is -0.340 e. The summed E-state index contributed by atoms with van der Waals surface area (Å²) < 4.78 is 1.48.